The highest BCUT2D eigenvalue weighted by atomic mass is 16.7. The summed E-state index contributed by atoms with van der Waals surface area (Å²) in [5.41, 5.74) is 1.46. The third-order valence-corrected chi connectivity index (χ3v) is 7.24. The van der Waals surface area contributed by atoms with Crippen molar-refractivity contribution in [1.29, 1.82) is 0 Å². The van der Waals surface area contributed by atoms with Crippen LogP contribution in [-0.4, -0.2) is 38.4 Å². The molecule has 0 saturated heterocycles. The molecule has 0 bridgehead atoms. The molecule has 0 saturated carbocycles. The highest BCUT2D eigenvalue weighted by molar-refractivity contribution is 5.75. The smallest absolute Gasteiger partial charge is 0.150 e. The molecule has 0 amide bonds. The molecule has 2 unspecified atom stereocenters. The van der Waals surface area contributed by atoms with Crippen LogP contribution in [0.4, 0.5) is 0 Å². The van der Waals surface area contributed by atoms with E-state index in [1.807, 2.05) is 0 Å². The predicted octanol–water partition coefficient (Wildman–Crippen LogP) is 9.82. The molecule has 0 aliphatic heterocycles. The fourth-order valence-electron chi connectivity index (χ4n) is 4.69. The number of carbonyl (C=O) groups is 2. The Bertz CT molecular complexity index is 561. The van der Waals surface area contributed by atoms with Gasteiger partial charge < -0.3 is 14.2 Å². The zero-order chi connectivity index (χ0) is 28.8. The molecule has 228 valence electrons. The van der Waals surface area contributed by atoms with Crippen molar-refractivity contribution in [3.8, 4) is 0 Å². The van der Waals surface area contributed by atoms with Gasteiger partial charge in [0.15, 0.2) is 0 Å². The molecule has 0 N–H and O–H groups in total. The van der Waals surface area contributed by atoms with Gasteiger partial charge in [0.2, 0.25) is 0 Å². The fraction of sp³-hybridized carbons (Fsp3) is 0.824. The van der Waals surface area contributed by atoms with Gasteiger partial charge in [0.05, 0.1) is 12.2 Å². The minimum Gasteiger partial charge on any atom is -0.347 e. The summed E-state index contributed by atoms with van der Waals surface area (Å²) in [5.74, 6) is 0. The van der Waals surface area contributed by atoms with Gasteiger partial charge in [-0.05, 0) is 38.5 Å². The number of hydrogen-bond donors (Lipinski definition) is 0. The first-order valence-electron chi connectivity index (χ1n) is 16.3. The average molecular weight is 551 g/mol. The van der Waals surface area contributed by atoms with Crippen molar-refractivity contribution in [2.75, 3.05) is 13.6 Å². The lowest BCUT2D eigenvalue weighted by Gasteiger charge is -2.20. The lowest BCUT2D eigenvalue weighted by atomic mass is 10.0. The van der Waals surface area contributed by atoms with Gasteiger partial charge >= 0.3 is 0 Å². The third kappa shape index (κ3) is 22.1. The molecule has 5 nitrogen and oxygen atoms in total. The van der Waals surface area contributed by atoms with Crippen molar-refractivity contribution in [3.05, 3.63) is 23.3 Å². The molecule has 0 aromatic rings. The van der Waals surface area contributed by atoms with Crippen LogP contribution in [0.15, 0.2) is 23.3 Å². The van der Waals surface area contributed by atoms with E-state index in [2.05, 4.69) is 39.8 Å². The molecule has 5 heteroatoms. The van der Waals surface area contributed by atoms with E-state index in [0.717, 1.165) is 101 Å². The van der Waals surface area contributed by atoms with E-state index in [1.165, 1.54) is 51.4 Å². The van der Waals surface area contributed by atoms with Gasteiger partial charge in [-0.1, -0.05) is 130 Å². The van der Waals surface area contributed by atoms with Crippen LogP contribution in [0.3, 0.4) is 0 Å². The Kier molecular flexibility index (Phi) is 28.7. The molecule has 0 aromatic heterocycles. The topological polar surface area (TPSA) is 61.8 Å². The summed E-state index contributed by atoms with van der Waals surface area (Å²) in [4.78, 5) is 23.7. The Hall–Kier alpha value is -1.30. The van der Waals surface area contributed by atoms with Crippen LogP contribution in [-0.2, 0) is 23.8 Å². The minimum absolute atomic E-state index is 0.0672. The summed E-state index contributed by atoms with van der Waals surface area (Å²) in [5, 5.41) is 0. The number of aldehydes is 2. The van der Waals surface area contributed by atoms with E-state index in [9.17, 15) is 9.59 Å². The molecule has 0 aliphatic rings. The molecule has 0 heterocycles. The molecule has 2 atom stereocenters. The second-order valence-electron chi connectivity index (χ2n) is 10.8. The Morgan fingerprint density at radius 1 is 0.513 bits per heavy atom. The van der Waals surface area contributed by atoms with E-state index in [1.54, 1.807) is 0 Å². The Labute approximate surface area is 241 Å². The Balaban J connectivity index is 4.84. The summed E-state index contributed by atoms with van der Waals surface area (Å²) >= 11 is 0. The molecule has 39 heavy (non-hydrogen) atoms. The van der Waals surface area contributed by atoms with Crippen LogP contribution in [0, 0.1) is 0 Å². The normalized spacial score (nSPS) is 13.9. The van der Waals surface area contributed by atoms with E-state index < -0.39 is 0 Å². The number of carbonyl (C=O) groups excluding carboxylic acids is 2. The summed E-state index contributed by atoms with van der Waals surface area (Å²) in [6.07, 6.45) is 27.6. The van der Waals surface area contributed by atoms with Crippen LogP contribution in [0.5, 0.6) is 0 Å². The molecule has 0 fully saturated rings. The van der Waals surface area contributed by atoms with Crippen molar-refractivity contribution in [2.45, 2.75) is 168 Å². The maximum atomic E-state index is 11.9. The molecule has 0 aliphatic carbocycles. The maximum absolute atomic E-state index is 11.9. The monoisotopic (exact) mass is 550 g/mol. The second kappa shape index (κ2) is 29.7. The average Bonchev–Trinajstić information content (AvgIpc) is 2.95. The first-order chi connectivity index (χ1) is 19.2. The van der Waals surface area contributed by atoms with Gasteiger partial charge in [-0.2, -0.15) is 0 Å². The fourth-order valence-corrected chi connectivity index (χ4v) is 4.69. The first-order valence-corrected chi connectivity index (χ1v) is 16.3. The standard InChI is InChI=1S/C34H62O5/c1-5-9-13-15-17-21-23-31(27-35)33(25-19-11-7-3)38-29-37-30-39-34(26-20-12-8-4)32(28-36)24-22-18-16-14-10-6-2/h23-24,27-28,33-34H,5-22,25-26,29-30H2,1-4H3. The Morgan fingerprint density at radius 3 is 1.23 bits per heavy atom. The largest absolute Gasteiger partial charge is 0.347 e. The highest BCUT2D eigenvalue weighted by Crippen LogP contribution is 2.18. The van der Waals surface area contributed by atoms with Crippen LogP contribution in [0.1, 0.15) is 156 Å². The predicted molar refractivity (Wildman–Crippen MR) is 164 cm³/mol. The van der Waals surface area contributed by atoms with Gasteiger partial charge in [-0.25, -0.2) is 0 Å². The SMILES string of the molecule is CCCCCCCC=C(C=O)C(CCCCC)OCOCOC(CCCCC)C(C=O)=CCCCCCCC. The van der Waals surface area contributed by atoms with Crippen molar-refractivity contribution >= 4 is 12.6 Å². The lowest BCUT2D eigenvalue weighted by Crippen LogP contribution is -2.22. The molecule has 0 aromatic carbocycles. The number of ether oxygens (including phenoxy) is 3. The number of rotatable bonds is 30. The van der Waals surface area contributed by atoms with Crippen LogP contribution in [0.2, 0.25) is 0 Å². The van der Waals surface area contributed by atoms with Crippen molar-refractivity contribution in [1.82, 2.24) is 0 Å². The Morgan fingerprint density at radius 2 is 0.872 bits per heavy atom. The van der Waals surface area contributed by atoms with Crippen molar-refractivity contribution in [2.24, 2.45) is 0 Å². The van der Waals surface area contributed by atoms with Gasteiger partial charge in [-0.15, -0.1) is 0 Å². The van der Waals surface area contributed by atoms with Crippen molar-refractivity contribution in [3.63, 3.8) is 0 Å². The zero-order valence-corrected chi connectivity index (χ0v) is 26.1. The van der Waals surface area contributed by atoms with Gasteiger partial charge in [0, 0.05) is 11.1 Å². The van der Waals surface area contributed by atoms with Crippen LogP contribution in [0.25, 0.3) is 0 Å². The van der Waals surface area contributed by atoms with Crippen LogP contribution < -0.4 is 0 Å². The van der Waals surface area contributed by atoms with Crippen LogP contribution >= 0.6 is 0 Å². The summed E-state index contributed by atoms with van der Waals surface area (Å²) in [7, 11) is 0. The molecule has 0 rings (SSSR count). The lowest BCUT2D eigenvalue weighted by molar-refractivity contribution is -0.157. The summed E-state index contributed by atoms with van der Waals surface area (Å²) < 4.78 is 17.8. The van der Waals surface area contributed by atoms with Crippen molar-refractivity contribution < 1.29 is 23.8 Å². The van der Waals surface area contributed by atoms with E-state index in [-0.39, 0.29) is 25.8 Å². The first kappa shape index (κ1) is 37.7. The second-order valence-corrected chi connectivity index (χ2v) is 10.8. The van der Waals surface area contributed by atoms with E-state index >= 15 is 0 Å². The van der Waals surface area contributed by atoms with Gasteiger partial charge in [0.25, 0.3) is 0 Å². The van der Waals surface area contributed by atoms with Gasteiger partial charge in [-0.3, -0.25) is 9.59 Å². The third-order valence-electron chi connectivity index (χ3n) is 7.24. The highest BCUT2D eigenvalue weighted by Gasteiger charge is 2.16. The summed E-state index contributed by atoms with van der Waals surface area (Å²) in [6, 6.07) is 0. The van der Waals surface area contributed by atoms with Gasteiger partial charge in [0.1, 0.15) is 26.2 Å². The molecule has 0 radical (unpaired) electrons. The minimum atomic E-state index is -0.247. The molecular weight excluding hydrogens is 488 g/mol. The molecular formula is C34H62O5. The number of hydrogen-bond acceptors (Lipinski definition) is 5. The van der Waals surface area contributed by atoms with E-state index in [4.69, 9.17) is 14.2 Å². The quantitative estimate of drug-likeness (QED) is 0.0385. The number of unbranched alkanes of at least 4 members (excludes halogenated alkanes) is 14. The number of allylic oxidation sites excluding steroid dienone is 2. The molecule has 0 spiro atoms. The maximum Gasteiger partial charge on any atom is 0.150 e. The zero-order valence-electron chi connectivity index (χ0n) is 26.1. The summed E-state index contributed by atoms with van der Waals surface area (Å²) in [6.45, 7) is 8.92. The van der Waals surface area contributed by atoms with E-state index in [0.29, 0.717) is 0 Å².